The van der Waals surface area contributed by atoms with Crippen LogP contribution in [0.3, 0.4) is 0 Å². The van der Waals surface area contributed by atoms with E-state index in [1.807, 2.05) is 12.3 Å². The summed E-state index contributed by atoms with van der Waals surface area (Å²) < 4.78 is 21.6. The standard InChI is InChI=1S/C6H9NO2S2/c1-5-3-10-6(7-5)4-11(2,8)9/h3H,4H2,1-2H3. The van der Waals surface area contributed by atoms with Crippen LogP contribution in [0.15, 0.2) is 5.38 Å². The number of rotatable bonds is 2. The highest BCUT2D eigenvalue weighted by atomic mass is 32.2. The Morgan fingerprint density at radius 1 is 1.64 bits per heavy atom. The van der Waals surface area contributed by atoms with Crippen LogP contribution in [0, 0.1) is 6.92 Å². The van der Waals surface area contributed by atoms with E-state index in [2.05, 4.69) is 4.98 Å². The molecule has 0 radical (unpaired) electrons. The van der Waals surface area contributed by atoms with Crippen LogP contribution in [0.1, 0.15) is 10.7 Å². The summed E-state index contributed by atoms with van der Waals surface area (Å²) in [6.45, 7) is 1.85. The molecule has 3 nitrogen and oxygen atoms in total. The average Bonchev–Trinajstić information content (AvgIpc) is 2.10. The highest BCUT2D eigenvalue weighted by molar-refractivity contribution is 7.90. The largest absolute Gasteiger partial charge is 0.245 e. The molecule has 62 valence electrons. The first kappa shape index (κ1) is 8.67. The van der Waals surface area contributed by atoms with Crippen molar-refractivity contribution < 1.29 is 8.42 Å². The molecule has 0 saturated heterocycles. The molecule has 11 heavy (non-hydrogen) atoms. The minimum Gasteiger partial charge on any atom is -0.245 e. The molecule has 1 heterocycles. The summed E-state index contributed by atoms with van der Waals surface area (Å²) in [5.41, 5.74) is 0.883. The Morgan fingerprint density at radius 3 is 2.64 bits per heavy atom. The molecule has 0 aliphatic heterocycles. The molecular formula is C6H9NO2S2. The number of hydrogen-bond donors (Lipinski definition) is 0. The second-order valence-corrected chi connectivity index (χ2v) is 5.54. The molecule has 0 saturated carbocycles. The van der Waals surface area contributed by atoms with E-state index < -0.39 is 9.84 Å². The molecule has 0 unspecified atom stereocenters. The third kappa shape index (κ3) is 2.98. The van der Waals surface area contributed by atoms with Crippen molar-refractivity contribution in [1.82, 2.24) is 4.98 Å². The van der Waals surface area contributed by atoms with Crippen molar-refractivity contribution in [3.05, 3.63) is 16.1 Å². The van der Waals surface area contributed by atoms with Crippen LogP contribution in [0.25, 0.3) is 0 Å². The Bertz CT molecular complexity index is 339. The fourth-order valence-electron chi connectivity index (χ4n) is 0.693. The topological polar surface area (TPSA) is 47.0 Å². The van der Waals surface area contributed by atoms with E-state index >= 15 is 0 Å². The maximum Gasteiger partial charge on any atom is 0.153 e. The van der Waals surface area contributed by atoms with Gasteiger partial charge in [0, 0.05) is 17.3 Å². The van der Waals surface area contributed by atoms with E-state index in [-0.39, 0.29) is 5.75 Å². The van der Waals surface area contributed by atoms with Crippen LogP contribution < -0.4 is 0 Å². The van der Waals surface area contributed by atoms with E-state index in [1.165, 1.54) is 17.6 Å². The molecular weight excluding hydrogens is 182 g/mol. The quantitative estimate of drug-likeness (QED) is 0.700. The normalized spacial score (nSPS) is 11.8. The first-order valence-electron chi connectivity index (χ1n) is 3.06. The lowest BCUT2D eigenvalue weighted by molar-refractivity contribution is 0.601. The number of aromatic nitrogens is 1. The van der Waals surface area contributed by atoms with Gasteiger partial charge in [-0.25, -0.2) is 13.4 Å². The number of aryl methyl sites for hydroxylation is 1. The lowest BCUT2D eigenvalue weighted by atomic mass is 10.6. The molecule has 0 N–H and O–H groups in total. The van der Waals surface area contributed by atoms with Crippen molar-refractivity contribution in [2.24, 2.45) is 0 Å². The van der Waals surface area contributed by atoms with Gasteiger partial charge in [-0.3, -0.25) is 0 Å². The lowest BCUT2D eigenvalue weighted by Gasteiger charge is -1.90. The Labute approximate surface area is 70.0 Å². The van der Waals surface area contributed by atoms with Crippen LogP contribution in [0.5, 0.6) is 0 Å². The van der Waals surface area contributed by atoms with Crippen LogP contribution in [0.4, 0.5) is 0 Å². The zero-order valence-corrected chi connectivity index (χ0v) is 8.00. The molecule has 0 aromatic carbocycles. The zero-order chi connectivity index (χ0) is 8.48. The maximum atomic E-state index is 10.8. The number of thiazole rings is 1. The van der Waals surface area contributed by atoms with Crippen LogP contribution in [-0.2, 0) is 15.6 Å². The minimum atomic E-state index is -2.92. The van der Waals surface area contributed by atoms with E-state index in [0.717, 1.165) is 5.69 Å². The van der Waals surface area contributed by atoms with Gasteiger partial charge in [0.1, 0.15) is 10.8 Å². The number of hydrogen-bond acceptors (Lipinski definition) is 4. The van der Waals surface area contributed by atoms with Crippen LogP contribution >= 0.6 is 11.3 Å². The molecule has 0 aliphatic rings. The van der Waals surface area contributed by atoms with Crippen LogP contribution in [0.2, 0.25) is 0 Å². The summed E-state index contributed by atoms with van der Waals surface area (Å²) in [7, 11) is -2.92. The predicted molar refractivity (Wildman–Crippen MR) is 45.4 cm³/mol. The van der Waals surface area contributed by atoms with Crippen molar-refractivity contribution >= 4 is 21.2 Å². The maximum absolute atomic E-state index is 10.8. The van der Waals surface area contributed by atoms with Crippen molar-refractivity contribution in [3.8, 4) is 0 Å². The molecule has 1 aromatic rings. The highest BCUT2D eigenvalue weighted by Crippen LogP contribution is 2.11. The summed E-state index contributed by atoms with van der Waals surface area (Å²) in [5, 5.41) is 2.52. The van der Waals surface area contributed by atoms with Gasteiger partial charge in [-0.05, 0) is 6.92 Å². The van der Waals surface area contributed by atoms with Gasteiger partial charge in [-0.15, -0.1) is 11.3 Å². The predicted octanol–water partition coefficient (Wildman–Crippen LogP) is 0.996. The van der Waals surface area contributed by atoms with Gasteiger partial charge in [0.2, 0.25) is 0 Å². The molecule has 0 bridgehead atoms. The summed E-state index contributed by atoms with van der Waals surface area (Å²) in [5.74, 6) is 0.0610. The van der Waals surface area contributed by atoms with Gasteiger partial charge in [0.25, 0.3) is 0 Å². The van der Waals surface area contributed by atoms with Crippen molar-refractivity contribution in [2.45, 2.75) is 12.7 Å². The molecule has 0 spiro atoms. The number of nitrogens with zero attached hydrogens (tertiary/aromatic N) is 1. The van der Waals surface area contributed by atoms with Gasteiger partial charge in [0.05, 0.1) is 0 Å². The lowest BCUT2D eigenvalue weighted by Crippen LogP contribution is -1.99. The van der Waals surface area contributed by atoms with Crippen LogP contribution in [-0.4, -0.2) is 19.7 Å². The summed E-state index contributed by atoms with van der Waals surface area (Å²) in [6, 6.07) is 0. The number of sulfone groups is 1. The second kappa shape index (κ2) is 2.91. The van der Waals surface area contributed by atoms with E-state index in [1.54, 1.807) is 0 Å². The molecule has 0 fully saturated rings. The average molecular weight is 191 g/mol. The summed E-state index contributed by atoms with van der Waals surface area (Å²) in [4.78, 5) is 4.04. The van der Waals surface area contributed by atoms with Gasteiger partial charge in [-0.1, -0.05) is 0 Å². The third-order valence-corrected chi connectivity index (χ3v) is 3.00. The Hall–Kier alpha value is -0.420. The molecule has 5 heteroatoms. The zero-order valence-electron chi connectivity index (χ0n) is 6.36. The van der Waals surface area contributed by atoms with Crippen molar-refractivity contribution in [2.75, 3.05) is 6.26 Å². The summed E-state index contributed by atoms with van der Waals surface area (Å²) >= 11 is 1.39. The fourth-order valence-corrected chi connectivity index (χ4v) is 2.68. The summed E-state index contributed by atoms with van der Waals surface area (Å²) in [6.07, 6.45) is 1.21. The molecule has 0 atom stereocenters. The molecule has 0 aliphatic carbocycles. The molecule has 0 amide bonds. The fraction of sp³-hybridized carbons (Fsp3) is 0.500. The van der Waals surface area contributed by atoms with E-state index in [0.29, 0.717) is 5.01 Å². The first-order chi connectivity index (χ1) is 4.97. The highest BCUT2D eigenvalue weighted by Gasteiger charge is 2.06. The molecule has 1 rings (SSSR count). The SMILES string of the molecule is Cc1csc(CS(C)(=O)=O)n1. The monoisotopic (exact) mass is 191 g/mol. The Kier molecular flexibility index (Phi) is 2.29. The van der Waals surface area contributed by atoms with Gasteiger partial charge in [-0.2, -0.15) is 0 Å². The first-order valence-corrected chi connectivity index (χ1v) is 6.00. The van der Waals surface area contributed by atoms with Crippen molar-refractivity contribution in [1.29, 1.82) is 0 Å². The third-order valence-electron chi connectivity index (χ3n) is 1.05. The smallest absolute Gasteiger partial charge is 0.153 e. The van der Waals surface area contributed by atoms with Gasteiger partial charge < -0.3 is 0 Å². The van der Waals surface area contributed by atoms with E-state index in [9.17, 15) is 8.42 Å². The van der Waals surface area contributed by atoms with Crippen molar-refractivity contribution in [3.63, 3.8) is 0 Å². The Morgan fingerprint density at radius 2 is 2.27 bits per heavy atom. The van der Waals surface area contributed by atoms with Gasteiger partial charge >= 0.3 is 0 Å². The molecule has 1 aromatic heterocycles. The van der Waals surface area contributed by atoms with Gasteiger partial charge in [0.15, 0.2) is 9.84 Å². The van der Waals surface area contributed by atoms with E-state index in [4.69, 9.17) is 0 Å². The second-order valence-electron chi connectivity index (χ2n) is 2.45. The minimum absolute atomic E-state index is 0.0610. The Balaban J connectivity index is 2.81.